The number of carbonyl (C=O) groups is 2. The molecular formula is C40H48N2O8P2. The van der Waals surface area contributed by atoms with Crippen LogP contribution in [0.3, 0.4) is 0 Å². The van der Waals surface area contributed by atoms with E-state index < -0.39 is 14.3 Å². The summed E-state index contributed by atoms with van der Waals surface area (Å²) in [6.07, 6.45) is -0.288. The Kier molecular flexibility index (Phi) is 15.4. The third-order valence-electron chi connectivity index (χ3n) is 8.88. The van der Waals surface area contributed by atoms with Crippen LogP contribution < -0.4 is 21.2 Å². The van der Waals surface area contributed by atoms with Crippen LogP contribution in [0, 0.1) is 0 Å². The molecule has 0 spiro atoms. The summed E-state index contributed by atoms with van der Waals surface area (Å²) in [5, 5.41) is 2.55. The highest BCUT2D eigenvalue weighted by molar-refractivity contribution is 7.79. The van der Waals surface area contributed by atoms with E-state index in [1.54, 1.807) is 9.80 Å². The third kappa shape index (κ3) is 11.1. The standard InChI is InChI=1S/C40H48N2O8P2/c43-39(33-51(45,35-13-5-1-6-14-35)36-15-7-2-8-16-36)41-21-25-47-29-31-49-27-23-42(24-28-50-32-30-48-26-22-41)40(44)34-52(46,37-17-9-3-10-18-37)38-19-11-4-12-20-38/h1-20H,21-34H2. The Morgan fingerprint density at radius 3 is 0.865 bits per heavy atom. The first-order valence-electron chi connectivity index (χ1n) is 17.7. The Morgan fingerprint density at radius 2 is 0.635 bits per heavy atom. The number of rotatable bonds is 8. The highest BCUT2D eigenvalue weighted by Gasteiger charge is 2.33. The molecule has 10 nitrogen and oxygen atoms in total. The van der Waals surface area contributed by atoms with Gasteiger partial charge in [0.05, 0.1) is 65.2 Å². The van der Waals surface area contributed by atoms with E-state index in [-0.39, 0.29) is 50.6 Å². The fraction of sp³-hybridized carbons (Fsp3) is 0.350. The summed E-state index contributed by atoms with van der Waals surface area (Å²) >= 11 is 0. The summed E-state index contributed by atoms with van der Waals surface area (Å²) in [6.45, 7) is 3.41. The van der Waals surface area contributed by atoms with Crippen molar-refractivity contribution in [3.8, 4) is 0 Å². The lowest BCUT2D eigenvalue weighted by atomic mass is 10.4. The molecule has 1 saturated heterocycles. The molecule has 5 rings (SSSR count). The highest BCUT2D eigenvalue weighted by Crippen LogP contribution is 2.44. The van der Waals surface area contributed by atoms with Crippen molar-refractivity contribution in [1.29, 1.82) is 0 Å². The van der Waals surface area contributed by atoms with Gasteiger partial charge in [-0.25, -0.2) is 0 Å². The largest absolute Gasteiger partial charge is 0.377 e. The van der Waals surface area contributed by atoms with Gasteiger partial charge in [-0.05, 0) is 0 Å². The van der Waals surface area contributed by atoms with Gasteiger partial charge in [0.2, 0.25) is 11.8 Å². The molecule has 1 aliphatic heterocycles. The van der Waals surface area contributed by atoms with Crippen LogP contribution in [0.4, 0.5) is 0 Å². The molecule has 12 heteroatoms. The van der Waals surface area contributed by atoms with Gasteiger partial charge in [-0.1, -0.05) is 121 Å². The third-order valence-corrected chi connectivity index (χ3v) is 14.8. The van der Waals surface area contributed by atoms with Crippen LogP contribution in [0.15, 0.2) is 121 Å². The Labute approximate surface area is 306 Å². The van der Waals surface area contributed by atoms with Crippen molar-refractivity contribution in [2.24, 2.45) is 0 Å². The van der Waals surface area contributed by atoms with Crippen molar-refractivity contribution in [3.05, 3.63) is 121 Å². The zero-order chi connectivity index (χ0) is 36.5. The van der Waals surface area contributed by atoms with Crippen LogP contribution in [0.25, 0.3) is 0 Å². The molecule has 0 aliphatic carbocycles. The van der Waals surface area contributed by atoms with Gasteiger partial charge in [0.15, 0.2) is 14.3 Å². The second kappa shape index (κ2) is 20.4. The smallest absolute Gasteiger partial charge is 0.230 e. The second-order valence-electron chi connectivity index (χ2n) is 12.3. The maximum Gasteiger partial charge on any atom is 0.230 e. The predicted octanol–water partition coefficient (Wildman–Crippen LogP) is 3.75. The summed E-state index contributed by atoms with van der Waals surface area (Å²) in [7, 11) is -6.50. The Bertz CT molecular complexity index is 1530. The summed E-state index contributed by atoms with van der Waals surface area (Å²) in [5.74, 6) is -0.474. The average molecular weight is 747 g/mol. The van der Waals surface area contributed by atoms with E-state index in [1.165, 1.54) is 0 Å². The topological polar surface area (TPSA) is 112 Å². The number of hydrogen-bond donors (Lipinski definition) is 0. The predicted molar refractivity (Wildman–Crippen MR) is 206 cm³/mol. The molecule has 1 aliphatic rings. The molecule has 1 heterocycles. The van der Waals surface area contributed by atoms with Gasteiger partial charge in [-0.15, -0.1) is 0 Å². The molecule has 52 heavy (non-hydrogen) atoms. The molecule has 1 fully saturated rings. The van der Waals surface area contributed by atoms with Crippen LogP contribution in [0.5, 0.6) is 0 Å². The highest BCUT2D eigenvalue weighted by atomic mass is 31.2. The summed E-state index contributed by atoms with van der Waals surface area (Å²) in [4.78, 5) is 30.8. The Hall–Kier alpha value is -3.88. The molecule has 4 aromatic rings. The second-order valence-corrected chi connectivity index (χ2v) is 18.0. The monoisotopic (exact) mass is 746 g/mol. The lowest BCUT2D eigenvalue weighted by molar-refractivity contribution is -0.131. The lowest BCUT2D eigenvalue weighted by Gasteiger charge is -2.27. The van der Waals surface area contributed by atoms with Gasteiger partial charge in [0.25, 0.3) is 0 Å². The van der Waals surface area contributed by atoms with E-state index in [4.69, 9.17) is 18.9 Å². The summed E-state index contributed by atoms with van der Waals surface area (Å²) in [6, 6.07) is 36.7. The molecule has 0 unspecified atom stereocenters. The summed E-state index contributed by atoms with van der Waals surface area (Å²) < 4.78 is 52.4. The molecular weight excluding hydrogens is 698 g/mol. The van der Waals surface area contributed by atoms with Crippen molar-refractivity contribution in [2.45, 2.75) is 0 Å². The fourth-order valence-corrected chi connectivity index (χ4v) is 11.1. The van der Waals surface area contributed by atoms with Crippen LogP contribution in [0.1, 0.15) is 0 Å². The minimum atomic E-state index is -3.25. The Balaban J connectivity index is 1.18. The van der Waals surface area contributed by atoms with Gasteiger partial charge >= 0.3 is 0 Å². The van der Waals surface area contributed by atoms with Gasteiger partial charge in [0, 0.05) is 47.4 Å². The number of nitrogens with zero attached hydrogens (tertiary/aromatic N) is 2. The minimum Gasteiger partial charge on any atom is -0.377 e. The molecule has 0 aromatic heterocycles. The van der Waals surface area contributed by atoms with Crippen LogP contribution in [-0.4, -0.2) is 113 Å². The van der Waals surface area contributed by atoms with Crippen molar-refractivity contribution >= 4 is 47.3 Å². The number of carbonyl (C=O) groups excluding carboxylic acids is 2. The average Bonchev–Trinajstić information content (AvgIpc) is 3.19. The van der Waals surface area contributed by atoms with Gasteiger partial charge in [-0.3, -0.25) is 9.59 Å². The van der Waals surface area contributed by atoms with E-state index in [9.17, 15) is 18.7 Å². The molecule has 2 amide bonds. The maximum atomic E-state index is 14.5. The molecule has 0 N–H and O–H groups in total. The van der Waals surface area contributed by atoms with Crippen molar-refractivity contribution in [1.82, 2.24) is 9.80 Å². The zero-order valence-electron chi connectivity index (χ0n) is 29.5. The zero-order valence-corrected chi connectivity index (χ0v) is 31.3. The first-order valence-corrected chi connectivity index (χ1v) is 21.5. The molecule has 0 radical (unpaired) electrons. The number of ether oxygens (including phenoxy) is 4. The van der Waals surface area contributed by atoms with Gasteiger partial charge in [-0.2, -0.15) is 0 Å². The van der Waals surface area contributed by atoms with Crippen molar-refractivity contribution in [2.75, 3.05) is 91.4 Å². The van der Waals surface area contributed by atoms with Crippen molar-refractivity contribution in [3.63, 3.8) is 0 Å². The molecule has 0 saturated carbocycles. The Morgan fingerprint density at radius 1 is 0.404 bits per heavy atom. The quantitative estimate of drug-likeness (QED) is 0.251. The SMILES string of the molecule is O=C(CP(=O)(c1ccccc1)c1ccccc1)N1CCOCCOCCN(C(=O)CP(=O)(c2ccccc2)c2ccccc2)CCOCCOCC1. The normalized spacial score (nSPS) is 16.4. The van der Waals surface area contributed by atoms with Crippen LogP contribution in [-0.2, 0) is 37.7 Å². The van der Waals surface area contributed by atoms with E-state index in [0.717, 1.165) is 0 Å². The minimum absolute atomic E-state index is 0.144. The number of amides is 2. The number of benzene rings is 4. The fourth-order valence-electron chi connectivity index (χ4n) is 5.98. The molecule has 0 bridgehead atoms. The van der Waals surface area contributed by atoms with Gasteiger partial charge < -0.3 is 37.9 Å². The van der Waals surface area contributed by atoms with Gasteiger partial charge in [0.1, 0.15) is 0 Å². The first-order chi connectivity index (χ1) is 25.4. The number of hydrogen-bond acceptors (Lipinski definition) is 8. The molecule has 0 atom stereocenters. The molecule has 4 aromatic carbocycles. The van der Waals surface area contributed by atoms with E-state index in [0.29, 0.717) is 73.8 Å². The van der Waals surface area contributed by atoms with Crippen LogP contribution in [0.2, 0.25) is 0 Å². The maximum absolute atomic E-state index is 14.5. The molecule has 276 valence electrons. The first kappa shape index (κ1) is 39.3. The van der Waals surface area contributed by atoms with E-state index in [1.807, 2.05) is 121 Å². The summed E-state index contributed by atoms with van der Waals surface area (Å²) in [5.41, 5.74) is 0. The van der Waals surface area contributed by atoms with Crippen molar-refractivity contribution < 1.29 is 37.7 Å². The van der Waals surface area contributed by atoms with E-state index in [2.05, 4.69) is 0 Å². The van der Waals surface area contributed by atoms with E-state index >= 15 is 0 Å². The lowest BCUT2D eigenvalue weighted by Crippen LogP contribution is -2.41. The van der Waals surface area contributed by atoms with Crippen LogP contribution >= 0.6 is 14.3 Å².